The van der Waals surface area contributed by atoms with Crippen LogP contribution in [0.15, 0.2) is 18.2 Å². The molecule has 0 bridgehead atoms. The summed E-state index contributed by atoms with van der Waals surface area (Å²) in [5.74, 6) is 1.73. The van der Waals surface area contributed by atoms with Crippen LogP contribution in [0, 0.1) is 5.92 Å². The first kappa shape index (κ1) is 18.9. The van der Waals surface area contributed by atoms with Gasteiger partial charge in [-0.1, -0.05) is 13.0 Å². The number of benzene rings is 1. The van der Waals surface area contributed by atoms with Gasteiger partial charge in [0, 0.05) is 38.8 Å². The number of carbonyl (C=O) groups is 1. The molecule has 2 saturated heterocycles. The van der Waals surface area contributed by atoms with E-state index in [-0.39, 0.29) is 18.6 Å². The Bertz CT molecular complexity index is 609. The zero-order chi connectivity index (χ0) is 18.5. The van der Waals surface area contributed by atoms with Gasteiger partial charge in [0.1, 0.15) is 0 Å². The number of carbonyl (C=O) groups excluding carboxylic acids is 1. The zero-order valence-electron chi connectivity index (χ0n) is 15.6. The van der Waals surface area contributed by atoms with Gasteiger partial charge in [-0.25, -0.2) is 0 Å². The summed E-state index contributed by atoms with van der Waals surface area (Å²) < 4.78 is 16.4. The molecule has 2 atom stereocenters. The summed E-state index contributed by atoms with van der Waals surface area (Å²) in [5, 5.41) is 0. The van der Waals surface area contributed by atoms with Crippen LogP contribution in [-0.2, 0) is 16.1 Å². The van der Waals surface area contributed by atoms with E-state index in [2.05, 4.69) is 11.8 Å². The SMILES string of the molecule is COc1cc(CN2CC(C)C(N)C2)ccc1OCC(=O)N1CCOCC1. The molecule has 26 heavy (non-hydrogen) atoms. The van der Waals surface area contributed by atoms with Crippen molar-refractivity contribution in [3.8, 4) is 11.5 Å². The van der Waals surface area contributed by atoms with E-state index in [0.717, 1.165) is 25.2 Å². The zero-order valence-corrected chi connectivity index (χ0v) is 15.6. The maximum Gasteiger partial charge on any atom is 0.260 e. The summed E-state index contributed by atoms with van der Waals surface area (Å²) >= 11 is 0. The average Bonchev–Trinajstić information content (AvgIpc) is 2.98. The Balaban J connectivity index is 1.57. The summed E-state index contributed by atoms with van der Waals surface area (Å²) in [6.45, 7) is 7.36. The van der Waals surface area contributed by atoms with Crippen LogP contribution in [0.25, 0.3) is 0 Å². The molecule has 7 heteroatoms. The van der Waals surface area contributed by atoms with Gasteiger partial charge in [0.15, 0.2) is 18.1 Å². The van der Waals surface area contributed by atoms with Crippen LogP contribution in [-0.4, -0.2) is 74.9 Å². The fraction of sp³-hybridized carbons (Fsp3) is 0.632. The molecule has 0 aromatic heterocycles. The molecule has 1 amide bonds. The topological polar surface area (TPSA) is 77.3 Å². The van der Waals surface area contributed by atoms with E-state index in [1.165, 1.54) is 0 Å². The molecule has 0 radical (unpaired) electrons. The monoisotopic (exact) mass is 363 g/mol. The van der Waals surface area contributed by atoms with Crippen LogP contribution >= 0.6 is 0 Å². The number of amides is 1. The van der Waals surface area contributed by atoms with E-state index in [0.29, 0.717) is 43.7 Å². The smallest absolute Gasteiger partial charge is 0.260 e. The number of ether oxygens (including phenoxy) is 3. The second kappa shape index (κ2) is 8.70. The lowest BCUT2D eigenvalue weighted by atomic mass is 10.1. The van der Waals surface area contributed by atoms with Gasteiger partial charge in [0.2, 0.25) is 0 Å². The van der Waals surface area contributed by atoms with Gasteiger partial charge in [0.25, 0.3) is 5.91 Å². The third-order valence-corrected chi connectivity index (χ3v) is 5.10. The fourth-order valence-electron chi connectivity index (χ4n) is 3.46. The lowest BCUT2D eigenvalue weighted by Gasteiger charge is -2.26. The van der Waals surface area contributed by atoms with Gasteiger partial charge < -0.3 is 24.8 Å². The Morgan fingerprint density at radius 3 is 2.69 bits per heavy atom. The molecule has 0 aliphatic carbocycles. The van der Waals surface area contributed by atoms with Crippen LogP contribution < -0.4 is 15.2 Å². The van der Waals surface area contributed by atoms with E-state index in [1.54, 1.807) is 12.0 Å². The van der Waals surface area contributed by atoms with Crippen LogP contribution in [0.3, 0.4) is 0 Å². The second-order valence-corrected chi connectivity index (χ2v) is 7.10. The Hall–Kier alpha value is -1.83. The molecule has 2 aliphatic rings. The van der Waals surface area contributed by atoms with Crippen molar-refractivity contribution in [3.63, 3.8) is 0 Å². The van der Waals surface area contributed by atoms with Gasteiger partial charge >= 0.3 is 0 Å². The third-order valence-electron chi connectivity index (χ3n) is 5.10. The molecule has 3 rings (SSSR count). The number of rotatable bonds is 6. The van der Waals surface area contributed by atoms with Crippen molar-refractivity contribution in [1.29, 1.82) is 0 Å². The van der Waals surface area contributed by atoms with Crippen molar-refractivity contribution in [3.05, 3.63) is 23.8 Å². The molecule has 1 aromatic rings. The molecule has 7 nitrogen and oxygen atoms in total. The Labute approximate surface area is 155 Å². The molecule has 2 heterocycles. The maximum absolute atomic E-state index is 12.2. The van der Waals surface area contributed by atoms with Crippen molar-refractivity contribution in [2.75, 3.05) is 53.1 Å². The minimum atomic E-state index is -0.0283. The highest BCUT2D eigenvalue weighted by Gasteiger charge is 2.26. The summed E-state index contributed by atoms with van der Waals surface area (Å²) in [7, 11) is 1.61. The molecule has 144 valence electrons. The lowest BCUT2D eigenvalue weighted by molar-refractivity contribution is -0.137. The van der Waals surface area contributed by atoms with Crippen LogP contribution in [0.2, 0.25) is 0 Å². The molecular weight excluding hydrogens is 334 g/mol. The Kier molecular flexibility index (Phi) is 6.34. The number of hydrogen-bond donors (Lipinski definition) is 1. The predicted octanol–water partition coefficient (Wildman–Crippen LogP) is 0.712. The van der Waals surface area contributed by atoms with Gasteiger partial charge in [-0.2, -0.15) is 0 Å². The van der Waals surface area contributed by atoms with Crippen LogP contribution in [0.1, 0.15) is 12.5 Å². The first-order valence-corrected chi connectivity index (χ1v) is 9.20. The van der Waals surface area contributed by atoms with Crippen molar-refractivity contribution in [1.82, 2.24) is 9.80 Å². The molecule has 1 aromatic carbocycles. The minimum Gasteiger partial charge on any atom is -0.493 e. The van der Waals surface area contributed by atoms with Crippen molar-refractivity contribution >= 4 is 5.91 Å². The van der Waals surface area contributed by atoms with Crippen LogP contribution in [0.5, 0.6) is 11.5 Å². The van der Waals surface area contributed by atoms with Crippen molar-refractivity contribution in [2.24, 2.45) is 11.7 Å². The standard InChI is InChI=1S/C19H29N3O4/c1-14-10-21(12-16(14)20)11-15-3-4-17(18(9-15)24-2)26-13-19(23)22-5-7-25-8-6-22/h3-4,9,14,16H,5-8,10-13,20H2,1-2H3. The summed E-state index contributed by atoms with van der Waals surface area (Å²) in [6, 6.07) is 6.11. The molecule has 2 unspecified atom stereocenters. The number of morpholine rings is 1. The molecule has 0 spiro atoms. The van der Waals surface area contributed by atoms with Crippen molar-refractivity contribution < 1.29 is 19.0 Å². The summed E-state index contributed by atoms with van der Waals surface area (Å²) in [4.78, 5) is 16.3. The van der Waals surface area contributed by atoms with E-state index in [9.17, 15) is 4.79 Å². The van der Waals surface area contributed by atoms with Gasteiger partial charge in [-0.3, -0.25) is 9.69 Å². The number of hydrogen-bond acceptors (Lipinski definition) is 6. The highest BCUT2D eigenvalue weighted by Crippen LogP contribution is 2.29. The maximum atomic E-state index is 12.2. The molecule has 2 aliphatic heterocycles. The largest absolute Gasteiger partial charge is 0.493 e. The number of likely N-dealkylation sites (tertiary alicyclic amines) is 1. The first-order valence-electron chi connectivity index (χ1n) is 9.20. The number of nitrogens with zero attached hydrogens (tertiary/aromatic N) is 2. The molecular formula is C19H29N3O4. The Morgan fingerprint density at radius 2 is 2.04 bits per heavy atom. The lowest BCUT2D eigenvalue weighted by Crippen LogP contribution is -2.43. The molecule has 0 saturated carbocycles. The van der Waals surface area contributed by atoms with E-state index >= 15 is 0 Å². The highest BCUT2D eigenvalue weighted by molar-refractivity contribution is 5.78. The van der Waals surface area contributed by atoms with Gasteiger partial charge in [-0.05, 0) is 23.6 Å². The summed E-state index contributed by atoms with van der Waals surface area (Å²) in [5.41, 5.74) is 7.25. The quantitative estimate of drug-likeness (QED) is 0.802. The van der Waals surface area contributed by atoms with Gasteiger partial charge in [0.05, 0.1) is 20.3 Å². The average molecular weight is 363 g/mol. The summed E-state index contributed by atoms with van der Waals surface area (Å²) in [6.07, 6.45) is 0. The molecule has 2 N–H and O–H groups in total. The van der Waals surface area contributed by atoms with E-state index in [1.807, 2.05) is 18.2 Å². The number of nitrogens with two attached hydrogens (primary N) is 1. The molecule has 2 fully saturated rings. The van der Waals surface area contributed by atoms with Gasteiger partial charge in [-0.15, -0.1) is 0 Å². The normalized spacial score (nSPS) is 23.9. The van der Waals surface area contributed by atoms with E-state index in [4.69, 9.17) is 19.9 Å². The highest BCUT2D eigenvalue weighted by atomic mass is 16.5. The third kappa shape index (κ3) is 4.66. The van der Waals surface area contributed by atoms with E-state index < -0.39 is 0 Å². The fourth-order valence-corrected chi connectivity index (χ4v) is 3.46. The van der Waals surface area contributed by atoms with Crippen LogP contribution in [0.4, 0.5) is 0 Å². The second-order valence-electron chi connectivity index (χ2n) is 7.10. The predicted molar refractivity (Wildman–Crippen MR) is 98.3 cm³/mol. The number of methoxy groups -OCH3 is 1. The Morgan fingerprint density at radius 1 is 1.27 bits per heavy atom. The first-order chi connectivity index (χ1) is 12.6. The minimum absolute atomic E-state index is 0.00813. The van der Waals surface area contributed by atoms with Crippen molar-refractivity contribution in [2.45, 2.75) is 19.5 Å².